The Balaban J connectivity index is 1.81. The third kappa shape index (κ3) is 4.76. The summed E-state index contributed by atoms with van der Waals surface area (Å²) in [7, 11) is 0. The first-order valence-corrected chi connectivity index (χ1v) is 9.52. The van der Waals surface area contributed by atoms with Crippen LogP contribution in [0.4, 0.5) is 18.3 Å². The maximum absolute atomic E-state index is 13.3. The molecule has 0 saturated heterocycles. The zero-order valence-corrected chi connectivity index (χ0v) is 15.8. The highest BCUT2D eigenvalue weighted by atomic mass is 35.5. The molecule has 3 aromatic rings. The Morgan fingerprint density at radius 2 is 2.11 bits per heavy atom. The number of hydrogen-bond donors (Lipinski definition) is 1. The van der Waals surface area contributed by atoms with Crippen LogP contribution in [0.25, 0.3) is 5.69 Å². The molecular formula is C14H11ClF3N7S2. The highest BCUT2D eigenvalue weighted by Gasteiger charge is 2.35. The summed E-state index contributed by atoms with van der Waals surface area (Å²) < 4.78 is 41.7. The number of nitrogens with one attached hydrogen (secondary N) is 1. The molecule has 3 rings (SSSR count). The van der Waals surface area contributed by atoms with Gasteiger partial charge in [0.25, 0.3) is 0 Å². The molecule has 1 N–H and O–H groups in total. The molecule has 27 heavy (non-hydrogen) atoms. The Labute approximate surface area is 164 Å². The molecule has 0 atom stereocenters. The van der Waals surface area contributed by atoms with Crippen LogP contribution < -0.4 is 5.32 Å². The molecule has 0 amide bonds. The van der Waals surface area contributed by atoms with Crippen LogP contribution in [-0.4, -0.2) is 36.9 Å². The van der Waals surface area contributed by atoms with E-state index >= 15 is 0 Å². The van der Waals surface area contributed by atoms with Gasteiger partial charge in [0, 0.05) is 11.6 Å². The van der Waals surface area contributed by atoms with E-state index < -0.39 is 11.7 Å². The average molecular weight is 434 g/mol. The van der Waals surface area contributed by atoms with Crippen molar-refractivity contribution in [2.75, 3.05) is 11.9 Å². The molecule has 0 aliphatic rings. The predicted octanol–water partition coefficient (Wildman–Crippen LogP) is 4.08. The van der Waals surface area contributed by atoms with Gasteiger partial charge in [0.1, 0.15) is 0 Å². The normalized spacial score (nSPS) is 11.6. The first-order valence-electron chi connectivity index (χ1n) is 7.34. The molecule has 0 unspecified atom stereocenters. The van der Waals surface area contributed by atoms with Gasteiger partial charge in [0.05, 0.1) is 17.0 Å². The summed E-state index contributed by atoms with van der Waals surface area (Å²) in [6.45, 7) is 4.15. The smallest absolute Gasteiger partial charge is 0.357 e. The van der Waals surface area contributed by atoms with Gasteiger partial charge in [0.15, 0.2) is 10.2 Å². The molecule has 0 radical (unpaired) electrons. The number of halogens is 4. The Morgan fingerprint density at radius 1 is 1.30 bits per heavy atom. The second kappa shape index (κ2) is 8.23. The standard InChI is InChI=1S/C14H11ClF3N7S2/c1-2-5-19-12-21-22-13(27-12)26-7-11-20-23-24-25(11)10-4-3-8(15)6-9(10)14(16,17)18/h2-4,6H,1,5,7H2,(H,19,21). The number of tetrazole rings is 1. The SMILES string of the molecule is C=CCNc1nnc(SCc2nnnn2-c2ccc(Cl)cc2C(F)(F)F)s1. The lowest BCUT2D eigenvalue weighted by Crippen LogP contribution is -2.13. The largest absolute Gasteiger partial charge is 0.418 e. The first kappa shape index (κ1) is 19.6. The van der Waals surface area contributed by atoms with Gasteiger partial charge in [-0.2, -0.15) is 17.9 Å². The van der Waals surface area contributed by atoms with Crippen molar-refractivity contribution < 1.29 is 13.2 Å². The first-order chi connectivity index (χ1) is 12.9. The van der Waals surface area contributed by atoms with E-state index in [0.717, 1.165) is 10.7 Å². The molecular weight excluding hydrogens is 423 g/mol. The summed E-state index contributed by atoms with van der Waals surface area (Å²) in [5, 5.41) is 22.6. The van der Waals surface area contributed by atoms with Gasteiger partial charge in [-0.25, -0.2) is 0 Å². The minimum absolute atomic E-state index is 0.0245. The molecule has 2 aromatic heterocycles. The zero-order valence-electron chi connectivity index (χ0n) is 13.4. The van der Waals surface area contributed by atoms with Crippen molar-refractivity contribution in [3.63, 3.8) is 0 Å². The summed E-state index contributed by atoms with van der Waals surface area (Å²) in [6.07, 6.45) is -2.91. The molecule has 2 heterocycles. The number of alkyl halides is 3. The maximum Gasteiger partial charge on any atom is 0.418 e. The predicted molar refractivity (Wildman–Crippen MR) is 97.3 cm³/mol. The quantitative estimate of drug-likeness (QED) is 0.444. The lowest BCUT2D eigenvalue weighted by atomic mass is 10.1. The Kier molecular flexibility index (Phi) is 5.97. The van der Waals surface area contributed by atoms with Crippen LogP contribution in [0.3, 0.4) is 0 Å². The molecule has 142 valence electrons. The monoisotopic (exact) mass is 433 g/mol. The van der Waals surface area contributed by atoms with Crippen molar-refractivity contribution in [1.82, 2.24) is 30.4 Å². The van der Waals surface area contributed by atoms with Crippen molar-refractivity contribution in [3.05, 3.63) is 47.3 Å². The minimum atomic E-state index is -4.60. The molecule has 0 aliphatic carbocycles. The fourth-order valence-electron chi connectivity index (χ4n) is 2.03. The number of rotatable bonds is 7. The van der Waals surface area contributed by atoms with E-state index in [4.69, 9.17) is 11.6 Å². The van der Waals surface area contributed by atoms with Crippen molar-refractivity contribution in [1.29, 1.82) is 0 Å². The number of anilines is 1. The minimum Gasteiger partial charge on any atom is -0.357 e. The van der Waals surface area contributed by atoms with Gasteiger partial charge < -0.3 is 5.32 Å². The van der Waals surface area contributed by atoms with Crippen LogP contribution in [0.15, 0.2) is 35.2 Å². The highest BCUT2D eigenvalue weighted by Crippen LogP contribution is 2.36. The summed E-state index contributed by atoms with van der Waals surface area (Å²) >= 11 is 8.29. The molecule has 0 bridgehead atoms. The lowest BCUT2D eigenvalue weighted by molar-refractivity contribution is -0.137. The van der Waals surface area contributed by atoms with Gasteiger partial charge in [-0.15, -0.1) is 21.9 Å². The third-order valence-electron chi connectivity index (χ3n) is 3.16. The van der Waals surface area contributed by atoms with Gasteiger partial charge in [-0.1, -0.05) is 40.8 Å². The van der Waals surface area contributed by atoms with E-state index in [2.05, 4.69) is 37.6 Å². The fraction of sp³-hybridized carbons (Fsp3) is 0.214. The third-order valence-corrected chi connectivity index (χ3v) is 5.40. The van der Waals surface area contributed by atoms with E-state index in [1.165, 1.54) is 35.2 Å². The summed E-state index contributed by atoms with van der Waals surface area (Å²) in [4.78, 5) is 0. The highest BCUT2D eigenvalue weighted by molar-refractivity contribution is 8.00. The molecule has 1 aromatic carbocycles. The van der Waals surface area contributed by atoms with Crippen molar-refractivity contribution in [3.8, 4) is 5.69 Å². The summed E-state index contributed by atoms with van der Waals surface area (Å²) in [6, 6.07) is 3.43. The van der Waals surface area contributed by atoms with Crippen LogP contribution in [0.2, 0.25) is 5.02 Å². The van der Waals surface area contributed by atoms with E-state index in [-0.39, 0.29) is 22.3 Å². The van der Waals surface area contributed by atoms with Crippen LogP contribution >= 0.6 is 34.7 Å². The zero-order chi connectivity index (χ0) is 19.4. The number of benzene rings is 1. The summed E-state index contributed by atoms with van der Waals surface area (Å²) in [5.41, 5.74) is -1.11. The molecule has 0 fully saturated rings. The van der Waals surface area contributed by atoms with Crippen LogP contribution in [0.5, 0.6) is 0 Å². The summed E-state index contributed by atoms with van der Waals surface area (Å²) in [5.74, 6) is 0.451. The van der Waals surface area contributed by atoms with E-state index in [1.54, 1.807) is 6.08 Å². The van der Waals surface area contributed by atoms with E-state index in [0.29, 0.717) is 16.0 Å². The topological polar surface area (TPSA) is 81.4 Å². The Hall–Kier alpha value is -2.18. The maximum atomic E-state index is 13.3. The van der Waals surface area contributed by atoms with Crippen LogP contribution in [0.1, 0.15) is 11.4 Å². The second-order valence-electron chi connectivity index (χ2n) is 5.00. The van der Waals surface area contributed by atoms with Crippen molar-refractivity contribution >= 4 is 39.8 Å². The van der Waals surface area contributed by atoms with Gasteiger partial charge in [-0.3, -0.25) is 0 Å². The molecule has 0 saturated carbocycles. The average Bonchev–Trinajstić information content (AvgIpc) is 3.26. The van der Waals surface area contributed by atoms with E-state index in [9.17, 15) is 13.2 Å². The van der Waals surface area contributed by atoms with E-state index in [1.807, 2.05) is 0 Å². The molecule has 0 spiro atoms. The molecule has 0 aliphatic heterocycles. The van der Waals surface area contributed by atoms with Gasteiger partial charge >= 0.3 is 6.18 Å². The number of nitrogens with zero attached hydrogens (tertiary/aromatic N) is 6. The Morgan fingerprint density at radius 3 is 2.85 bits per heavy atom. The van der Waals surface area contributed by atoms with Crippen LogP contribution in [0, 0.1) is 0 Å². The Bertz CT molecular complexity index is 941. The molecule has 13 heteroatoms. The molecule has 7 nitrogen and oxygen atoms in total. The fourth-order valence-corrected chi connectivity index (χ4v) is 3.86. The lowest BCUT2D eigenvalue weighted by Gasteiger charge is -2.13. The van der Waals surface area contributed by atoms with Crippen LogP contribution in [-0.2, 0) is 11.9 Å². The van der Waals surface area contributed by atoms with Gasteiger partial charge in [0.2, 0.25) is 5.13 Å². The van der Waals surface area contributed by atoms with Crippen molar-refractivity contribution in [2.24, 2.45) is 0 Å². The number of aromatic nitrogens is 6. The number of thioether (sulfide) groups is 1. The second-order valence-corrected chi connectivity index (χ2v) is 7.63. The van der Waals surface area contributed by atoms with Gasteiger partial charge in [-0.05, 0) is 28.6 Å². The number of hydrogen-bond acceptors (Lipinski definition) is 8. The van der Waals surface area contributed by atoms with Crippen molar-refractivity contribution in [2.45, 2.75) is 16.3 Å².